The van der Waals surface area contributed by atoms with Crippen molar-refractivity contribution in [2.24, 2.45) is 0 Å². The Morgan fingerprint density at radius 2 is 1.87 bits per heavy atom. The third-order valence-electron chi connectivity index (χ3n) is 3.56. The minimum Gasteiger partial charge on any atom is -0.378 e. The van der Waals surface area contributed by atoms with Crippen LogP contribution in [0.15, 0.2) is 36.7 Å². The van der Waals surface area contributed by atoms with Crippen LogP contribution in [0.4, 0.5) is 20.2 Å². The number of nitrogens with one attached hydrogen (secondary N) is 1. The van der Waals surface area contributed by atoms with Gasteiger partial charge in [0.1, 0.15) is 17.3 Å². The van der Waals surface area contributed by atoms with Crippen molar-refractivity contribution in [1.82, 2.24) is 4.98 Å². The van der Waals surface area contributed by atoms with Crippen LogP contribution in [-0.4, -0.2) is 37.2 Å². The van der Waals surface area contributed by atoms with Gasteiger partial charge >= 0.3 is 0 Å². The zero-order chi connectivity index (χ0) is 16.2. The summed E-state index contributed by atoms with van der Waals surface area (Å²) in [6.07, 6.45) is 3.00. The van der Waals surface area contributed by atoms with Gasteiger partial charge in [-0.3, -0.25) is 9.78 Å². The molecule has 5 nitrogen and oxygen atoms in total. The molecule has 1 N–H and O–H groups in total. The monoisotopic (exact) mass is 319 g/mol. The first-order chi connectivity index (χ1) is 11.1. The highest BCUT2D eigenvalue weighted by atomic mass is 19.1. The highest BCUT2D eigenvalue weighted by Gasteiger charge is 2.16. The van der Waals surface area contributed by atoms with Gasteiger partial charge in [0, 0.05) is 19.3 Å². The average molecular weight is 319 g/mol. The first kappa shape index (κ1) is 15.4. The smallest absolute Gasteiger partial charge is 0.257 e. The predicted octanol–water partition coefficient (Wildman–Crippen LogP) is 2.45. The van der Waals surface area contributed by atoms with Crippen molar-refractivity contribution in [3.63, 3.8) is 0 Å². The Labute approximate surface area is 131 Å². The van der Waals surface area contributed by atoms with Crippen molar-refractivity contribution in [3.05, 3.63) is 53.9 Å². The lowest BCUT2D eigenvalue weighted by atomic mass is 10.2. The molecule has 1 aromatic heterocycles. The largest absolute Gasteiger partial charge is 0.378 e. The number of carbonyl (C=O) groups is 1. The zero-order valence-electron chi connectivity index (χ0n) is 12.3. The summed E-state index contributed by atoms with van der Waals surface area (Å²) >= 11 is 0. The molecule has 0 aliphatic carbocycles. The number of pyridine rings is 1. The third kappa shape index (κ3) is 3.45. The van der Waals surface area contributed by atoms with Crippen LogP contribution in [0.25, 0.3) is 0 Å². The van der Waals surface area contributed by atoms with E-state index in [1.807, 2.05) is 4.90 Å². The van der Waals surface area contributed by atoms with Crippen LogP contribution in [0.1, 0.15) is 10.4 Å². The number of halogens is 2. The number of hydrogen-bond acceptors (Lipinski definition) is 4. The topological polar surface area (TPSA) is 54.5 Å². The molecule has 0 bridgehead atoms. The maximum Gasteiger partial charge on any atom is 0.257 e. The molecule has 2 heterocycles. The first-order valence-corrected chi connectivity index (χ1v) is 7.18. The molecule has 1 aliphatic heterocycles. The summed E-state index contributed by atoms with van der Waals surface area (Å²) in [6, 6.07) is 5.05. The minimum atomic E-state index is -0.823. The van der Waals surface area contributed by atoms with E-state index in [1.54, 1.807) is 12.3 Å². The molecule has 1 aromatic carbocycles. The molecule has 0 unspecified atom stereocenters. The molecule has 1 aliphatic rings. The first-order valence-electron chi connectivity index (χ1n) is 7.18. The van der Waals surface area contributed by atoms with Crippen molar-refractivity contribution >= 4 is 17.3 Å². The number of anilines is 2. The highest BCUT2D eigenvalue weighted by molar-refractivity contribution is 6.04. The number of morpholine rings is 1. The maximum atomic E-state index is 13.6. The molecule has 23 heavy (non-hydrogen) atoms. The van der Waals surface area contributed by atoms with Gasteiger partial charge in [-0.2, -0.15) is 0 Å². The second kappa shape index (κ2) is 6.70. The van der Waals surface area contributed by atoms with Crippen LogP contribution in [-0.2, 0) is 4.74 Å². The fourth-order valence-corrected chi connectivity index (χ4v) is 2.35. The van der Waals surface area contributed by atoms with Crippen LogP contribution in [0.2, 0.25) is 0 Å². The lowest BCUT2D eigenvalue weighted by molar-refractivity contribution is 0.102. The number of benzene rings is 1. The lowest BCUT2D eigenvalue weighted by Crippen LogP contribution is -2.36. The van der Waals surface area contributed by atoms with Gasteiger partial charge in [0.05, 0.1) is 30.7 Å². The summed E-state index contributed by atoms with van der Waals surface area (Å²) in [7, 11) is 0. The number of aromatic nitrogens is 1. The molecule has 3 rings (SSSR count). The van der Waals surface area contributed by atoms with E-state index in [0.717, 1.165) is 17.8 Å². The van der Waals surface area contributed by atoms with Gasteiger partial charge in [-0.05, 0) is 18.2 Å². The predicted molar refractivity (Wildman–Crippen MR) is 81.6 cm³/mol. The van der Waals surface area contributed by atoms with Crippen LogP contribution >= 0.6 is 0 Å². The van der Waals surface area contributed by atoms with E-state index in [9.17, 15) is 13.6 Å². The Balaban J connectivity index is 1.80. The standard InChI is InChI=1S/C16H15F2N3O2/c17-13-2-1-3-14(18)15(13)20-16(22)11-8-12(10-19-9-11)21-4-6-23-7-5-21/h1-3,8-10H,4-7H2,(H,20,22). The molecular weight excluding hydrogens is 304 g/mol. The quantitative estimate of drug-likeness (QED) is 0.944. The Bertz CT molecular complexity index is 698. The van der Waals surface area contributed by atoms with Crippen molar-refractivity contribution in [3.8, 4) is 0 Å². The van der Waals surface area contributed by atoms with Gasteiger partial charge in [0.25, 0.3) is 5.91 Å². The Hall–Kier alpha value is -2.54. The summed E-state index contributed by atoms with van der Waals surface area (Å²) in [5, 5.41) is 2.25. The summed E-state index contributed by atoms with van der Waals surface area (Å²) in [6.45, 7) is 2.62. The fourth-order valence-electron chi connectivity index (χ4n) is 2.35. The van der Waals surface area contributed by atoms with Crippen molar-refractivity contribution in [1.29, 1.82) is 0 Å². The molecule has 0 radical (unpaired) electrons. The average Bonchev–Trinajstić information content (AvgIpc) is 2.59. The van der Waals surface area contributed by atoms with Crippen LogP contribution in [0.3, 0.4) is 0 Å². The van der Waals surface area contributed by atoms with E-state index in [1.165, 1.54) is 12.3 Å². The number of carbonyl (C=O) groups excluding carboxylic acids is 1. The number of nitrogens with zero attached hydrogens (tertiary/aromatic N) is 2. The molecule has 1 saturated heterocycles. The maximum absolute atomic E-state index is 13.6. The molecular formula is C16H15F2N3O2. The number of amides is 1. The van der Waals surface area contributed by atoms with Gasteiger partial charge in [0.15, 0.2) is 0 Å². The Morgan fingerprint density at radius 1 is 1.17 bits per heavy atom. The summed E-state index contributed by atoms with van der Waals surface area (Å²) < 4.78 is 32.5. The number of para-hydroxylation sites is 1. The Kier molecular flexibility index (Phi) is 4.47. The Morgan fingerprint density at radius 3 is 2.57 bits per heavy atom. The van der Waals surface area contributed by atoms with E-state index in [-0.39, 0.29) is 5.56 Å². The second-order valence-corrected chi connectivity index (χ2v) is 5.08. The second-order valence-electron chi connectivity index (χ2n) is 5.08. The molecule has 7 heteroatoms. The molecule has 2 aromatic rings. The number of hydrogen-bond donors (Lipinski definition) is 1. The summed E-state index contributed by atoms with van der Waals surface area (Å²) in [4.78, 5) is 18.3. The van der Waals surface area contributed by atoms with Gasteiger partial charge < -0.3 is 15.0 Å². The van der Waals surface area contributed by atoms with E-state index >= 15 is 0 Å². The van der Waals surface area contributed by atoms with Crippen molar-refractivity contribution in [2.45, 2.75) is 0 Å². The van der Waals surface area contributed by atoms with Gasteiger partial charge in [-0.15, -0.1) is 0 Å². The lowest BCUT2D eigenvalue weighted by Gasteiger charge is -2.28. The van der Waals surface area contributed by atoms with Crippen LogP contribution < -0.4 is 10.2 Å². The fraction of sp³-hybridized carbons (Fsp3) is 0.250. The van der Waals surface area contributed by atoms with Gasteiger partial charge in [-0.1, -0.05) is 6.07 Å². The molecule has 1 fully saturated rings. The molecule has 0 atom stereocenters. The molecule has 0 spiro atoms. The number of rotatable bonds is 3. The SMILES string of the molecule is O=C(Nc1c(F)cccc1F)c1cncc(N2CCOCC2)c1. The molecule has 1 amide bonds. The van der Waals surface area contributed by atoms with Crippen LogP contribution in [0.5, 0.6) is 0 Å². The number of ether oxygens (including phenoxy) is 1. The minimum absolute atomic E-state index is 0.233. The van der Waals surface area contributed by atoms with Crippen molar-refractivity contribution in [2.75, 3.05) is 36.5 Å². The van der Waals surface area contributed by atoms with E-state index in [4.69, 9.17) is 4.74 Å². The third-order valence-corrected chi connectivity index (χ3v) is 3.56. The summed E-state index contributed by atoms with van der Waals surface area (Å²) in [5.41, 5.74) is 0.542. The van der Waals surface area contributed by atoms with E-state index < -0.39 is 23.2 Å². The zero-order valence-corrected chi connectivity index (χ0v) is 12.3. The normalized spacial score (nSPS) is 14.6. The highest BCUT2D eigenvalue weighted by Crippen LogP contribution is 2.20. The summed E-state index contributed by atoms with van der Waals surface area (Å²) in [5.74, 6) is -2.26. The van der Waals surface area contributed by atoms with Crippen LogP contribution in [0, 0.1) is 11.6 Å². The van der Waals surface area contributed by atoms with E-state index in [2.05, 4.69) is 10.3 Å². The van der Waals surface area contributed by atoms with Crippen molar-refractivity contribution < 1.29 is 18.3 Å². The molecule has 120 valence electrons. The van der Waals surface area contributed by atoms with Gasteiger partial charge in [-0.25, -0.2) is 8.78 Å². The van der Waals surface area contributed by atoms with Gasteiger partial charge in [0.2, 0.25) is 0 Å². The molecule has 0 saturated carbocycles. The van der Waals surface area contributed by atoms with E-state index in [0.29, 0.717) is 26.3 Å².